The Bertz CT molecular complexity index is 418. The summed E-state index contributed by atoms with van der Waals surface area (Å²) < 4.78 is 5.23. The summed E-state index contributed by atoms with van der Waals surface area (Å²) in [5.74, 6) is 3.08. The van der Waals surface area contributed by atoms with Crippen molar-refractivity contribution in [3.63, 3.8) is 0 Å². The summed E-state index contributed by atoms with van der Waals surface area (Å²) in [6.07, 6.45) is 12.7. The first-order valence-electron chi connectivity index (χ1n) is 9.22. The van der Waals surface area contributed by atoms with Gasteiger partial charge in [-0.25, -0.2) is 0 Å². The van der Waals surface area contributed by atoms with Crippen LogP contribution in [0.5, 0.6) is 0 Å². The minimum atomic E-state index is 0.271. The van der Waals surface area contributed by atoms with E-state index in [0.29, 0.717) is 29.4 Å². The number of carbonyl (C=O) groups excluding carboxylic acids is 1. The maximum absolute atomic E-state index is 10.3. The van der Waals surface area contributed by atoms with Crippen molar-refractivity contribution in [2.75, 3.05) is 23.5 Å². The topological polar surface area (TPSA) is 26.3 Å². The highest BCUT2D eigenvalue weighted by Crippen LogP contribution is 2.13. The highest BCUT2D eigenvalue weighted by Gasteiger charge is 1.95. The fourth-order valence-corrected chi connectivity index (χ4v) is 1.85. The second kappa shape index (κ2) is 46.0. The Labute approximate surface area is 250 Å². The van der Waals surface area contributed by atoms with E-state index in [1.54, 1.807) is 31.6 Å². The van der Waals surface area contributed by atoms with Crippen LogP contribution in [-0.4, -0.2) is 31.9 Å². The molecule has 0 aromatic rings. The Morgan fingerprint density at radius 3 is 1.28 bits per heavy atom. The number of carbonyl (C=O) groups is 1. The van der Waals surface area contributed by atoms with Gasteiger partial charge in [0.1, 0.15) is 8.43 Å². The van der Waals surface area contributed by atoms with Gasteiger partial charge in [-0.05, 0) is 37.8 Å². The van der Waals surface area contributed by atoms with E-state index in [2.05, 4.69) is 47.8 Å². The molecule has 0 unspecified atom stereocenters. The fourth-order valence-electron chi connectivity index (χ4n) is 1.06. The second-order valence-electron chi connectivity index (χ2n) is 5.41. The number of Topliss-reactive ketones (excluding diaryl/α,β-unsaturated/α-hetero) is 1. The van der Waals surface area contributed by atoms with E-state index in [4.69, 9.17) is 74.3 Å². The first kappa shape index (κ1) is 43.7. The van der Waals surface area contributed by atoms with Crippen LogP contribution in [-0.2, 0) is 9.53 Å². The van der Waals surface area contributed by atoms with Gasteiger partial charge in [-0.15, -0.1) is 46.4 Å². The molecule has 0 aliphatic rings. The quantitative estimate of drug-likeness (QED) is 0.163. The van der Waals surface area contributed by atoms with E-state index < -0.39 is 0 Å². The van der Waals surface area contributed by atoms with Crippen LogP contribution in [0.15, 0.2) is 47.9 Å². The molecule has 0 rings (SSSR count). The summed E-state index contributed by atoms with van der Waals surface area (Å²) in [7, 11) is 0. The maximum atomic E-state index is 10.3. The van der Waals surface area contributed by atoms with Crippen molar-refractivity contribution in [1.82, 2.24) is 0 Å². The van der Waals surface area contributed by atoms with E-state index in [0.717, 1.165) is 19.3 Å². The predicted molar refractivity (Wildman–Crippen MR) is 162 cm³/mol. The zero-order valence-electron chi connectivity index (χ0n) is 18.4. The van der Waals surface area contributed by atoms with E-state index in [-0.39, 0.29) is 8.43 Å². The van der Waals surface area contributed by atoms with Crippen molar-refractivity contribution in [3.05, 3.63) is 47.9 Å². The van der Waals surface area contributed by atoms with Crippen LogP contribution < -0.4 is 0 Å². The molecule has 32 heavy (non-hydrogen) atoms. The third kappa shape index (κ3) is 95.5. The van der Waals surface area contributed by atoms with E-state index in [9.17, 15) is 4.79 Å². The number of hydrogen-bond acceptors (Lipinski definition) is 2. The molecule has 0 N–H and O–H groups in total. The van der Waals surface area contributed by atoms with Crippen LogP contribution in [0.25, 0.3) is 0 Å². The van der Waals surface area contributed by atoms with Gasteiger partial charge in [-0.2, -0.15) is 0 Å². The smallest absolute Gasteiger partial charge is 0.130 e. The zero-order chi connectivity index (χ0) is 26.0. The molecule has 0 aliphatic carbocycles. The molecule has 0 aromatic heterocycles. The van der Waals surface area contributed by atoms with Gasteiger partial charge in [0.15, 0.2) is 0 Å². The molecule has 192 valence electrons. The Balaban J connectivity index is -0.000000101. The van der Waals surface area contributed by atoms with Crippen molar-refractivity contribution in [2.24, 2.45) is 5.92 Å². The first-order chi connectivity index (χ1) is 15.1. The molecule has 0 atom stereocenters. The summed E-state index contributed by atoms with van der Waals surface area (Å²) in [5, 5.41) is 0. The SMILES string of the molecule is BrC(Br)Br.CC(=O)CC(C)C.ClC=CCCl.ClC=CCCl.ClCCC=COC=CCCCl. The summed E-state index contributed by atoms with van der Waals surface area (Å²) in [6.45, 7) is 5.71. The normalized spacial score (nSPS) is 10.3. The van der Waals surface area contributed by atoms with Crippen LogP contribution in [0.3, 0.4) is 0 Å². The Hall–Kier alpha value is 1.61. The molecule has 0 bridgehead atoms. The van der Waals surface area contributed by atoms with Crippen LogP contribution in [0.4, 0.5) is 0 Å². The third-order valence-electron chi connectivity index (χ3n) is 1.95. The molecule has 0 amide bonds. The fraction of sp³-hybridized carbons (Fsp3) is 0.571. The molecule has 0 aliphatic heterocycles. The van der Waals surface area contributed by atoms with Crippen molar-refractivity contribution in [2.45, 2.75) is 42.7 Å². The molecule has 11 heteroatoms. The highest BCUT2D eigenvalue weighted by atomic mass is 80.0. The van der Waals surface area contributed by atoms with Crippen molar-refractivity contribution in [3.8, 4) is 0 Å². The van der Waals surface area contributed by atoms with Gasteiger partial charge < -0.3 is 9.53 Å². The van der Waals surface area contributed by atoms with Crippen LogP contribution in [0.1, 0.15) is 40.0 Å². The Morgan fingerprint density at radius 2 is 1.16 bits per heavy atom. The van der Waals surface area contributed by atoms with E-state index in [1.807, 2.05) is 26.0 Å². The monoisotopic (exact) mass is 764 g/mol. The molecule has 0 saturated carbocycles. The minimum absolute atomic E-state index is 0.271. The average molecular weight is 770 g/mol. The largest absolute Gasteiger partial charge is 0.473 e. The summed E-state index contributed by atoms with van der Waals surface area (Å²) in [6, 6.07) is 0. The van der Waals surface area contributed by atoms with Gasteiger partial charge >= 0.3 is 0 Å². The van der Waals surface area contributed by atoms with Gasteiger partial charge in [-0.3, -0.25) is 0 Å². The Morgan fingerprint density at radius 1 is 0.812 bits per heavy atom. The number of ketones is 1. The molecule has 0 spiro atoms. The third-order valence-corrected chi connectivity index (χ3v) is 3.10. The lowest BCUT2D eigenvalue weighted by Gasteiger charge is -1.95. The van der Waals surface area contributed by atoms with Crippen LogP contribution in [0.2, 0.25) is 0 Å². The summed E-state index contributed by atoms with van der Waals surface area (Å²) in [5.41, 5.74) is 2.79. The molecule has 2 nitrogen and oxygen atoms in total. The number of alkyl halides is 7. The molecule has 0 radical (unpaired) electrons. The minimum Gasteiger partial charge on any atom is -0.473 e. The Kier molecular flexibility index (Phi) is 62.8. The van der Waals surface area contributed by atoms with Crippen molar-refractivity contribution < 1.29 is 9.53 Å². The molecule has 0 aromatic carbocycles. The second-order valence-corrected chi connectivity index (χ2v) is 13.7. The van der Waals surface area contributed by atoms with Gasteiger partial charge in [0.25, 0.3) is 0 Å². The van der Waals surface area contributed by atoms with E-state index in [1.165, 1.54) is 11.1 Å². The number of rotatable bonds is 10. The molecule has 0 saturated heterocycles. The lowest BCUT2D eigenvalue weighted by Crippen LogP contribution is -1.95. The zero-order valence-corrected chi connectivity index (χ0v) is 27.7. The lowest BCUT2D eigenvalue weighted by molar-refractivity contribution is -0.117. The molecular weight excluding hydrogens is 737 g/mol. The van der Waals surface area contributed by atoms with Gasteiger partial charge in [0, 0.05) is 41.0 Å². The predicted octanol–water partition coefficient (Wildman–Crippen LogP) is 11.3. The summed E-state index contributed by atoms with van der Waals surface area (Å²) >= 11 is 40.5. The average Bonchev–Trinajstić information content (AvgIpc) is 2.69. The van der Waals surface area contributed by atoms with E-state index >= 15 is 0 Å². The number of allylic oxidation sites excluding steroid dienone is 4. The van der Waals surface area contributed by atoms with Crippen molar-refractivity contribution in [1.29, 1.82) is 0 Å². The standard InChI is InChI=1S/C8H12Cl2O.C6H12O.2C3H4Cl2.CHBr3/c9-5-1-3-7-11-8-4-2-6-10;1-5(2)4-6(3)7;2*4-2-1-3-5;2-1(3)4/h3-4,7-8H,1-2,5-6H2;5H,4H2,1-3H3;2*1-2H,3H2;1H. The molecular formula is C21H33Br3Cl6O2. The van der Waals surface area contributed by atoms with Gasteiger partial charge in [0.2, 0.25) is 0 Å². The first-order valence-corrected chi connectivity index (χ1v) is 15.0. The van der Waals surface area contributed by atoms with Crippen LogP contribution >= 0.6 is 117 Å². The number of hydrogen-bond donors (Lipinski definition) is 0. The number of halogens is 9. The lowest BCUT2D eigenvalue weighted by atomic mass is 10.1. The maximum Gasteiger partial charge on any atom is 0.130 e. The summed E-state index contributed by atoms with van der Waals surface area (Å²) in [4.78, 5) is 10.3. The number of ether oxygens (including phenoxy) is 1. The van der Waals surface area contributed by atoms with Gasteiger partial charge in [-0.1, -0.05) is 97.0 Å². The highest BCUT2D eigenvalue weighted by molar-refractivity contribution is 9.38. The van der Waals surface area contributed by atoms with Crippen molar-refractivity contribution >= 4 is 123 Å². The molecule has 0 fully saturated rings. The van der Waals surface area contributed by atoms with Crippen LogP contribution in [0, 0.1) is 5.92 Å². The molecule has 0 heterocycles. The van der Waals surface area contributed by atoms with Gasteiger partial charge in [0.05, 0.1) is 12.5 Å².